The second kappa shape index (κ2) is 8.18. The number of carbonyl (C=O) groups excluding carboxylic acids is 2. The fraction of sp³-hybridized carbons (Fsp3) is 0.250. The summed E-state index contributed by atoms with van der Waals surface area (Å²) in [5.74, 6) is 0.188. The van der Waals surface area contributed by atoms with E-state index >= 15 is 0 Å². The molecule has 0 aliphatic carbocycles. The van der Waals surface area contributed by atoms with Crippen LogP contribution in [0.1, 0.15) is 39.5 Å². The number of furan rings is 1. The third-order valence-electron chi connectivity index (χ3n) is 4.07. The van der Waals surface area contributed by atoms with Crippen LogP contribution in [0.5, 0.6) is 0 Å². The Kier molecular flexibility index (Phi) is 5.71. The summed E-state index contributed by atoms with van der Waals surface area (Å²) in [6.07, 6.45) is 3.40. The Morgan fingerprint density at radius 1 is 1.26 bits per heavy atom. The summed E-state index contributed by atoms with van der Waals surface area (Å²) >= 11 is 1.38. The number of carbonyl (C=O) groups is 2. The Morgan fingerprint density at radius 2 is 2.07 bits per heavy atom. The molecule has 0 saturated heterocycles. The highest BCUT2D eigenvalue weighted by Gasteiger charge is 2.17. The van der Waals surface area contributed by atoms with E-state index in [4.69, 9.17) is 4.42 Å². The van der Waals surface area contributed by atoms with E-state index in [1.165, 1.54) is 11.3 Å². The Morgan fingerprint density at radius 3 is 2.78 bits per heavy atom. The molecule has 0 saturated carbocycles. The minimum absolute atomic E-state index is 0.173. The highest BCUT2D eigenvalue weighted by Crippen LogP contribution is 2.11. The maximum Gasteiger partial charge on any atom is 0.279 e. The predicted molar refractivity (Wildman–Crippen MR) is 103 cm³/mol. The summed E-state index contributed by atoms with van der Waals surface area (Å²) in [5, 5.41) is 2.84. The predicted octanol–water partition coefficient (Wildman–Crippen LogP) is 3.38. The van der Waals surface area contributed by atoms with E-state index in [0.717, 1.165) is 10.4 Å². The quantitative estimate of drug-likeness (QED) is 0.734. The molecule has 2 aromatic heterocycles. The zero-order valence-electron chi connectivity index (χ0n) is 15.4. The van der Waals surface area contributed by atoms with Gasteiger partial charge in [-0.25, -0.2) is 0 Å². The first-order valence-corrected chi connectivity index (χ1v) is 9.40. The third-order valence-corrected chi connectivity index (χ3v) is 4.98. The van der Waals surface area contributed by atoms with Gasteiger partial charge in [0.1, 0.15) is 11.8 Å². The minimum Gasteiger partial charge on any atom is -0.467 e. The Labute approximate surface area is 161 Å². The lowest BCUT2D eigenvalue weighted by atomic mass is 10.1. The summed E-state index contributed by atoms with van der Waals surface area (Å²) in [5.41, 5.74) is 1.53. The van der Waals surface area contributed by atoms with Crippen LogP contribution < -0.4 is 10.1 Å². The first kappa shape index (κ1) is 18.8. The van der Waals surface area contributed by atoms with Crippen molar-refractivity contribution in [2.24, 2.45) is 4.99 Å². The van der Waals surface area contributed by atoms with E-state index in [0.29, 0.717) is 22.7 Å². The second-order valence-corrected chi connectivity index (χ2v) is 7.50. The number of nitrogens with zero attached hydrogens (tertiary/aromatic N) is 2. The van der Waals surface area contributed by atoms with Gasteiger partial charge in [0.25, 0.3) is 5.91 Å². The van der Waals surface area contributed by atoms with Crippen molar-refractivity contribution in [3.63, 3.8) is 0 Å². The van der Waals surface area contributed by atoms with Gasteiger partial charge in [-0.1, -0.05) is 17.7 Å². The summed E-state index contributed by atoms with van der Waals surface area (Å²) in [6, 6.07) is 10.4. The van der Waals surface area contributed by atoms with Gasteiger partial charge in [-0.3, -0.25) is 9.59 Å². The van der Waals surface area contributed by atoms with Crippen molar-refractivity contribution < 1.29 is 14.0 Å². The molecule has 0 aliphatic heterocycles. The highest BCUT2D eigenvalue weighted by molar-refractivity contribution is 7.09. The summed E-state index contributed by atoms with van der Waals surface area (Å²) < 4.78 is 6.95. The van der Waals surface area contributed by atoms with Crippen molar-refractivity contribution >= 4 is 23.2 Å². The molecular formula is C20H21N3O3S. The molecule has 0 bridgehead atoms. The number of benzene rings is 1. The molecule has 0 fully saturated rings. The maximum absolute atomic E-state index is 12.5. The molecular weight excluding hydrogens is 362 g/mol. The molecule has 27 heavy (non-hydrogen) atoms. The summed E-state index contributed by atoms with van der Waals surface area (Å²) in [6.45, 7) is 5.94. The number of aryl methyl sites for hydroxylation is 2. The molecule has 6 nitrogen and oxygen atoms in total. The Bertz CT molecular complexity index is 1020. The molecule has 3 aromatic rings. The normalized spacial score (nSPS) is 12.8. The lowest BCUT2D eigenvalue weighted by Gasteiger charge is -2.13. The smallest absolute Gasteiger partial charge is 0.279 e. The molecule has 2 amide bonds. The SMILES string of the molecule is Cc1cccc(C(=O)N=c2sc(C)cn2[C@@H](C)C(=O)NCc2ccco2)c1. The first-order valence-electron chi connectivity index (χ1n) is 8.58. The van der Waals surface area contributed by atoms with Crippen LogP contribution in [0.3, 0.4) is 0 Å². The van der Waals surface area contributed by atoms with Gasteiger partial charge >= 0.3 is 0 Å². The minimum atomic E-state index is -0.506. The molecule has 0 radical (unpaired) electrons. The second-order valence-electron chi connectivity index (χ2n) is 6.29. The van der Waals surface area contributed by atoms with Gasteiger partial charge in [0, 0.05) is 16.6 Å². The number of amides is 2. The van der Waals surface area contributed by atoms with Crippen LogP contribution in [0.15, 0.2) is 58.3 Å². The first-order chi connectivity index (χ1) is 12.9. The van der Waals surface area contributed by atoms with E-state index in [2.05, 4.69) is 10.3 Å². The molecule has 3 rings (SSSR count). The maximum atomic E-state index is 12.5. The van der Waals surface area contributed by atoms with Crippen LogP contribution in [0, 0.1) is 13.8 Å². The van der Waals surface area contributed by atoms with Gasteiger partial charge in [0.2, 0.25) is 5.91 Å². The van der Waals surface area contributed by atoms with Gasteiger partial charge in [-0.2, -0.15) is 4.99 Å². The van der Waals surface area contributed by atoms with Crippen LogP contribution in [0.25, 0.3) is 0 Å². The van der Waals surface area contributed by atoms with Crippen molar-refractivity contribution in [1.82, 2.24) is 9.88 Å². The van der Waals surface area contributed by atoms with Crippen LogP contribution >= 0.6 is 11.3 Å². The number of nitrogens with one attached hydrogen (secondary N) is 1. The average Bonchev–Trinajstić information content (AvgIpc) is 3.28. The highest BCUT2D eigenvalue weighted by atomic mass is 32.1. The molecule has 0 unspecified atom stereocenters. The molecule has 1 atom stereocenters. The van der Waals surface area contributed by atoms with Crippen LogP contribution in [-0.2, 0) is 11.3 Å². The van der Waals surface area contributed by atoms with Gasteiger partial charge in [0.15, 0.2) is 4.80 Å². The van der Waals surface area contributed by atoms with E-state index in [1.807, 2.05) is 32.2 Å². The number of thiazole rings is 1. The van der Waals surface area contributed by atoms with Crippen molar-refractivity contribution in [3.05, 3.63) is 75.4 Å². The molecule has 7 heteroatoms. The lowest BCUT2D eigenvalue weighted by molar-refractivity contribution is -0.124. The topological polar surface area (TPSA) is 76.6 Å². The van der Waals surface area contributed by atoms with Crippen LogP contribution in [-0.4, -0.2) is 16.4 Å². The zero-order chi connectivity index (χ0) is 19.4. The molecule has 1 N–H and O–H groups in total. The molecule has 0 spiro atoms. The van der Waals surface area contributed by atoms with E-state index in [9.17, 15) is 9.59 Å². The Balaban J connectivity index is 1.82. The Hall–Kier alpha value is -2.93. The summed E-state index contributed by atoms with van der Waals surface area (Å²) in [4.78, 5) is 30.7. The third kappa shape index (κ3) is 4.62. The monoisotopic (exact) mass is 383 g/mol. The van der Waals surface area contributed by atoms with E-state index in [1.54, 1.807) is 42.0 Å². The van der Waals surface area contributed by atoms with Gasteiger partial charge < -0.3 is 14.3 Å². The molecule has 140 valence electrons. The number of rotatable bonds is 5. The molecule has 0 aliphatic rings. The number of aromatic nitrogens is 1. The molecule has 2 heterocycles. The van der Waals surface area contributed by atoms with Crippen molar-refractivity contribution in [3.8, 4) is 0 Å². The fourth-order valence-corrected chi connectivity index (χ4v) is 3.52. The van der Waals surface area contributed by atoms with E-state index in [-0.39, 0.29) is 11.8 Å². The van der Waals surface area contributed by atoms with Gasteiger partial charge in [-0.15, -0.1) is 11.3 Å². The van der Waals surface area contributed by atoms with E-state index < -0.39 is 6.04 Å². The van der Waals surface area contributed by atoms with Gasteiger partial charge in [0.05, 0.1) is 12.8 Å². The number of hydrogen-bond donors (Lipinski definition) is 1. The largest absolute Gasteiger partial charge is 0.467 e. The van der Waals surface area contributed by atoms with Crippen LogP contribution in [0.4, 0.5) is 0 Å². The zero-order valence-corrected chi connectivity index (χ0v) is 16.2. The van der Waals surface area contributed by atoms with Crippen molar-refractivity contribution in [1.29, 1.82) is 0 Å². The van der Waals surface area contributed by atoms with Crippen LogP contribution in [0.2, 0.25) is 0 Å². The fourth-order valence-electron chi connectivity index (χ4n) is 2.62. The summed E-state index contributed by atoms with van der Waals surface area (Å²) in [7, 11) is 0. The average molecular weight is 383 g/mol. The number of hydrogen-bond acceptors (Lipinski definition) is 4. The standard InChI is InChI=1S/C20H21N3O3S/c1-13-6-4-7-16(10-13)19(25)22-20-23(12-14(2)27-20)15(3)18(24)21-11-17-8-5-9-26-17/h4-10,12,15H,11H2,1-3H3,(H,21,24)/t15-/m0/s1. The molecule has 1 aromatic carbocycles. The van der Waals surface area contributed by atoms with Gasteiger partial charge in [-0.05, 0) is 45.0 Å². The van der Waals surface area contributed by atoms with Crippen molar-refractivity contribution in [2.75, 3.05) is 0 Å². The van der Waals surface area contributed by atoms with Crippen molar-refractivity contribution in [2.45, 2.75) is 33.4 Å². The lowest BCUT2D eigenvalue weighted by Crippen LogP contribution is -2.34.